The molecule has 21 heavy (non-hydrogen) atoms. The van der Waals surface area contributed by atoms with Gasteiger partial charge in [-0.25, -0.2) is 9.37 Å². The number of aromatic nitrogens is 2. The van der Waals surface area contributed by atoms with Crippen LogP contribution in [0.3, 0.4) is 0 Å². The number of amides is 1. The van der Waals surface area contributed by atoms with E-state index in [1.807, 2.05) is 13.8 Å². The van der Waals surface area contributed by atoms with Gasteiger partial charge in [0.15, 0.2) is 11.6 Å². The van der Waals surface area contributed by atoms with Crippen molar-refractivity contribution in [2.75, 3.05) is 7.11 Å². The lowest BCUT2D eigenvalue weighted by atomic mass is 10.3. The molecule has 0 bridgehead atoms. The summed E-state index contributed by atoms with van der Waals surface area (Å²) in [5, 5.41) is 2.80. The van der Waals surface area contributed by atoms with E-state index < -0.39 is 5.82 Å². The highest BCUT2D eigenvalue weighted by Crippen LogP contribution is 2.26. The van der Waals surface area contributed by atoms with Gasteiger partial charge in [-0.15, -0.1) is 11.6 Å². The first-order valence-electron chi connectivity index (χ1n) is 6.54. The molecule has 0 radical (unpaired) electrons. The molecule has 1 heterocycles. The Labute approximate surface area is 127 Å². The summed E-state index contributed by atoms with van der Waals surface area (Å²) in [5.74, 6) is 0.0988. The van der Waals surface area contributed by atoms with Crippen LogP contribution >= 0.6 is 11.6 Å². The lowest BCUT2D eigenvalue weighted by molar-refractivity contribution is -0.122. The predicted octanol–water partition coefficient (Wildman–Crippen LogP) is 2.45. The molecule has 0 fully saturated rings. The summed E-state index contributed by atoms with van der Waals surface area (Å²) in [6.07, 6.45) is 0. The summed E-state index contributed by atoms with van der Waals surface area (Å²) >= 11 is 5.87. The zero-order valence-corrected chi connectivity index (χ0v) is 12.9. The van der Waals surface area contributed by atoms with E-state index in [0.717, 1.165) is 0 Å². The van der Waals surface area contributed by atoms with Gasteiger partial charge < -0.3 is 14.6 Å². The lowest BCUT2D eigenvalue weighted by Crippen LogP contribution is -2.33. The molecule has 2 rings (SSSR count). The molecule has 0 aliphatic carbocycles. The second-order valence-corrected chi connectivity index (χ2v) is 5.21. The minimum absolute atomic E-state index is 0.0405. The van der Waals surface area contributed by atoms with Crippen LogP contribution in [0.2, 0.25) is 0 Å². The molecular formula is C14H17ClFN3O2. The summed E-state index contributed by atoms with van der Waals surface area (Å²) in [4.78, 5) is 16.2. The van der Waals surface area contributed by atoms with Crippen LogP contribution in [0.4, 0.5) is 4.39 Å². The van der Waals surface area contributed by atoms with Gasteiger partial charge in [-0.05, 0) is 13.8 Å². The third-order valence-electron chi connectivity index (χ3n) is 2.97. The Morgan fingerprint density at radius 2 is 2.24 bits per heavy atom. The van der Waals surface area contributed by atoms with Gasteiger partial charge in [-0.1, -0.05) is 0 Å². The van der Waals surface area contributed by atoms with Gasteiger partial charge in [0.2, 0.25) is 5.91 Å². The zero-order valence-electron chi connectivity index (χ0n) is 12.1. The quantitative estimate of drug-likeness (QED) is 0.863. The molecule has 5 nitrogen and oxygen atoms in total. The van der Waals surface area contributed by atoms with Crippen LogP contribution in [0.15, 0.2) is 12.1 Å². The molecular weight excluding hydrogens is 297 g/mol. The second-order valence-electron chi connectivity index (χ2n) is 4.95. The van der Waals surface area contributed by atoms with Crippen molar-refractivity contribution in [3.8, 4) is 5.75 Å². The number of halogens is 2. The number of hydrogen-bond acceptors (Lipinski definition) is 3. The van der Waals surface area contributed by atoms with Gasteiger partial charge in [-0.3, -0.25) is 4.79 Å². The van der Waals surface area contributed by atoms with E-state index >= 15 is 0 Å². The van der Waals surface area contributed by atoms with E-state index in [1.54, 1.807) is 4.57 Å². The van der Waals surface area contributed by atoms with Gasteiger partial charge in [0.05, 0.1) is 24.0 Å². The number of hydrogen-bond donors (Lipinski definition) is 1. The van der Waals surface area contributed by atoms with Crippen molar-refractivity contribution in [3.63, 3.8) is 0 Å². The molecule has 2 aromatic rings. The zero-order chi connectivity index (χ0) is 15.6. The molecule has 0 spiro atoms. The summed E-state index contributed by atoms with van der Waals surface area (Å²) in [6, 6.07) is 2.84. The van der Waals surface area contributed by atoms with Crippen LogP contribution < -0.4 is 10.1 Å². The van der Waals surface area contributed by atoms with Crippen molar-refractivity contribution in [2.24, 2.45) is 0 Å². The van der Waals surface area contributed by atoms with Crippen LogP contribution in [0.5, 0.6) is 5.75 Å². The Morgan fingerprint density at radius 1 is 1.52 bits per heavy atom. The Balaban J connectivity index is 2.47. The minimum Gasteiger partial charge on any atom is -0.494 e. The summed E-state index contributed by atoms with van der Waals surface area (Å²) in [6.45, 7) is 3.83. The molecule has 114 valence electrons. The monoisotopic (exact) mass is 313 g/mol. The van der Waals surface area contributed by atoms with E-state index in [-0.39, 0.29) is 30.1 Å². The van der Waals surface area contributed by atoms with Crippen molar-refractivity contribution < 1.29 is 13.9 Å². The maximum atomic E-state index is 13.7. The third kappa shape index (κ3) is 3.26. The van der Waals surface area contributed by atoms with Gasteiger partial charge in [0, 0.05) is 18.2 Å². The molecule has 0 aliphatic heterocycles. The molecule has 0 saturated heterocycles. The maximum Gasteiger partial charge on any atom is 0.240 e. The fourth-order valence-electron chi connectivity index (χ4n) is 2.12. The molecule has 1 aromatic heterocycles. The van der Waals surface area contributed by atoms with Gasteiger partial charge in [-0.2, -0.15) is 0 Å². The fraction of sp³-hybridized carbons (Fsp3) is 0.429. The Bertz CT molecular complexity index is 670. The molecule has 7 heteroatoms. The topological polar surface area (TPSA) is 56.2 Å². The number of nitrogens with one attached hydrogen (secondary N) is 1. The molecule has 0 saturated carbocycles. The van der Waals surface area contributed by atoms with Crippen LogP contribution in [0.1, 0.15) is 19.7 Å². The SMILES string of the molecule is COc1cc2c(cc1F)nc(CCl)n2CC(=O)NC(C)C. The lowest BCUT2D eigenvalue weighted by Gasteiger charge is -2.11. The van der Waals surface area contributed by atoms with Gasteiger partial charge in [0.25, 0.3) is 0 Å². The van der Waals surface area contributed by atoms with E-state index in [4.69, 9.17) is 16.3 Å². The first-order chi connectivity index (χ1) is 9.96. The molecule has 1 N–H and O–H groups in total. The average molecular weight is 314 g/mol. The minimum atomic E-state index is -0.498. The molecule has 0 aliphatic rings. The second kappa shape index (κ2) is 6.30. The van der Waals surface area contributed by atoms with Gasteiger partial charge >= 0.3 is 0 Å². The van der Waals surface area contributed by atoms with Crippen molar-refractivity contribution >= 4 is 28.5 Å². The van der Waals surface area contributed by atoms with E-state index in [2.05, 4.69) is 10.3 Å². The average Bonchev–Trinajstić information content (AvgIpc) is 2.73. The number of nitrogens with zero attached hydrogens (tertiary/aromatic N) is 2. The summed E-state index contributed by atoms with van der Waals surface area (Å²) in [7, 11) is 1.39. The smallest absolute Gasteiger partial charge is 0.240 e. The predicted molar refractivity (Wildman–Crippen MR) is 79.1 cm³/mol. The number of carbonyl (C=O) groups excluding carboxylic acids is 1. The molecule has 0 unspecified atom stereocenters. The summed E-state index contributed by atoms with van der Waals surface area (Å²) < 4.78 is 20.4. The number of benzene rings is 1. The van der Waals surface area contributed by atoms with Crippen LogP contribution in [0.25, 0.3) is 11.0 Å². The van der Waals surface area contributed by atoms with E-state index in [9.17, 15) is 9.18 Å². The largest absolute Gasteiger partial charge is 0.494 e. The molecule has 1 amide bonds. The number of carbonyl (C=O) groups is 1. The molecule has 1 aromatic carbocycles. The first-order valence-corrected chi connectivity index (χ1v) is 7.07. The maximum absolute atomic E-state index is 13.7. The van der Waals surface area contributed by atoms with Crippen molar-refractivity contribution in [1.82, 2.24) is 14.9 Å². The summed E-state index contributed by atoms with van der Waals surface area (Å²) in [5.41, 5.74) is 1.06. The normalized spacial score (nSPS) is 11.1. The third-order valence-corrected chi connectivity index (χ3v) is 3.21. The number of ether oxygens (including phenoxy) is 1. The number of methoxy groups -OCH3 is 1. The van der Waals surface area contributed by atoms with Crippen LogP contribution in [-0.4, -0.2) is 28.6 Å². The van der Waals surface area contributed by atoms with Crippen LogP contribution in [-0.2, 0) is 17.2 Å². The van der Waals surface area contributed by atoms with E-state index in [1.165, 1.54) is 19.2 Å². The highest BCUT2D eigenvalue weighted by Gasteiger charge is 2.16. The standard InChI is InChI=1S/C14H17ClFN3O2/c1-8(2)17-14(20)7-19-11-5-12(21-3)9(16)4-10(11)18-13(19)6-15/h4-5,8H,6-7H2,1-3H3,(H,17,20). The Hall–Kier alpha value is -1.82. The van der Waals surface area contributed by atoms with Crippen molar-refractivity contribution in [2.45, 2.75) is 32.3 Å². The molecule has 0 atom stereocenters. The Morgan fingerprint density at radius 3 is 2.81 bits per heavy atom. The van der Waals surface area contributed by atoms with Crippen molar-refractivity contribution in [3.05, 3.63) is 23.8 Å². The van der Waals surface area contributed by atoms with Crippen LogP contribution in [0, 0.1) is 5.82 Å². The highest BCUT2D eigenvalue weighted by atomic mass is 35.5. The Kier molecular flexibility index (Phi) is 4.67. The fourth-order valence-corrected chi connectivity index (χ4v) is 2.33. The number of alkyl halides is 1. The highest BCUT2D eigenvalue weighted by molar-refractivity contribution is 6.16. The van der Waals surface area contributed by atoms with Gasteiger partial charge in [0.1, 0.15) is 12.4 Å². The van der Waals surface area contributed by atoms with Crippen molar-refractivity contribution in [1.29, 1.82) is 0 Å². The van der Waals surface area contributed by atoms with E-state index in [0.29, 0.717) is 16.9 Å². The number of imidazole rings is 1. The first kappa shape index (κ1) is 15.6. The number of fused-ring (bicyclic) bond motifs is 1. The number of rotatable bonds is 5.